The van der Waals surface area contributed by atoms with Gasteiger partial charge in [-0.15, -0.1) is 11.3 Å². The first kappa shape index (κ1) is 20.6. The molecule has 0 saturated carbocycles. The number of rotatable bonds is 6. The molecule has 140 valence electrons. The molecule has 1 aromatic heterocycles. The lowest BCUT2D eigenvalue weighted by molar-refractivity contribution is -0.122. The number of esters is 1. The van der Waals surface area contributed by atoms with Gasteiger partial charge in [0.1, 0.15) is 10.8 Å². The molecule has 26 heavy (non-hydrogen) atoms. The molecule has 0 aliphatic rings. The van der Waals surface area contributed by atoms with Crippen LogP contribution in [0, 0.1) is 13.8 Å². The smallest absolute Gasteiger partial charge is 0.341 e. The number of nitrogens with one attached hydrogen (secondary N) is 1. The Morgan fingerprint density at radius 1 is 1.27 bits per heavy atom. The first-order chi connectivity index (χ1) is 12.2. The molecule has 0 fully saturated rings. The Morgan fingerprint density at radius 2 is 1.96 bits per heavy atom. The number of thiophene rings is 1. The van der Waals surface area contributed by atoms with Crippen LogP contribution in [-0.4, -0.2) is 24.6 Å². The minimum atomic E-state index is -0.827. The van der Waals surface area contributed by atoms with Gasteiger partial charge in [0, 0.05) is 9.90 Å². The van der Waals surface area contributed by atoms with E-state index in [2.05, 4.69) is 5.32 Å². The van der Waals surface area contributed by atoms with Gasteiger partial charge in [0.05, 0.1) is 17.2 Å². The molecule has 2 rings (SSSR count). The maximum Gasteiger partial charge on any atom is 0.341 e. The van der Waals surface area contributed by atoms with Crippen molar-refractivity contribution in [1.29, 1.82) is 0 Å². The molecule has 1 N–H and O–H groups in total. The van der Waals surface area contributed by atoms with Crippen LogP contribution in [-0.2, 0) is 9.53 Å². The SMILES string of the molecule is CCOC(=O)c1c(NC(=O)[C@H](C)Oc2ccc(Cl)cc2Cl)sc(C)c1C. The van der Waals surface area contributed by atoms with E-state index in [0.717, 1.165) is 10.4 Å². The van der Waals surface area contributed by atoms with E-state index >= 15 is 0 Å². The van der Waals surface area contributed by atoms with Crippen LogP contribution in [0.15, 0.2) is 18.2 Å². The molecule has 8 heteroatoms. The molecule has 0 aliphatic carbocycles. The predicted molar refractivity (Wildman–Crippen MR) is 105 cm³/mol. The van der Waals surface area contributed by atoms with E-state index in [4.69, 9.17) is 32.7 Å². The fourth-order valence-electron chi connectivity index (χ4n) is 2.19. The number of halogens is 2. The number of hydrogen-bond donors (Lipinski definition) is 1. The fraction of sp³-hybridized carbons (Fsp3) is 0.333. The summed E-state index contributed by atoms with van der Waals surface area (Å²) < 4.78 is 10.7. The van der Waals surface area contributed by atoms with Crippen molar-refractivity contribution in [2.75, 3.05) is 11.9 Å². The van der Waals surface area contributed by atoms with Gasteiger partial charge in [-0.1, -0.05) is 23.2 Å². The lowest BCUT2D eigenvalue weighted by Crippen LogP contribution is -2.30. The van der Waals surface area contributed by atoms with Gasteiger partial charge < -0.3 is 14.8 Å². The number of ether oxygens (including phenoxy) is 2. The molecule has 0 bridgehead atoms. The molecule has 1 amide bonds. The highest BCUT2D eigenvalue weighted by atomic mass is 35.5. The summed E-state index contributed by atoms with van der Waals surface area (Å²) in [6, 6.07) is 4.75. The van der Waals surface area contributed by atoms with E-state index in [0.29, 0.717) is 26.4 Å². The van der Waals surface area contributed by atoms with Crippen molar-refractivity contribution in [1.82, 2.24) is 0 Å². The van der Waals surface area contributed by atoms with E-state index < -0.39 is 18.0 Å². The van der Waals surface area contributed by atoms with Crippen molar-refractivity contribution >= 4 is 51.4 Å². The van der Waals surface area contributed by atoms with Gasteiger partial charge in [-0.2, -0.15) is 0 Å². The third kappa shape index (κ3) is 4.69. The molecular weight excluding hydrogens is 397 g/mol. The van der Waals surface area contributed by atoms with Crippen LogP contribution < -0.4 is 10.1 Å². The molecule has 0 aliphatic heterocycles. The largest absolute Gasteiger partial charge is 0.479 e. The summed E-state index contributed by atoms with van der Waals surface area (Å²) >= 11 is 13.2. The standard InChI is InChI=1S/C18H19Cl2NO4S/c1-5-24-18(23)15-9(2)11(4)26-17(15)21-16(22)10(3)25-14-7-6-12(19)8-13(14)20/h6-8,10H,5H2,1-4H3,(H,21,22)/t10-/m0/s1. The first-order valence-electron chi connectivity index (χ1n) is 7.94. The van der Waals surface area contributed by atoms with Crippen LogP contribution >= 0.6 is 34.5 Å². The van der Waals surface area contributed by atoms with Crippen LogP contribution in [0.4, 0.5) is 5.00 Å². The molecule has 1 atom stereocenters. The molecule has 0 unspecified atom stereocenters. The second-order valence-corrected chi connectivity index (χ2v) is 7.60. The van der Waals surface area contributed by atoms with Gasteiger partial charge in [0.15, 0.2) is 6.10 Å². The zero-order chi connectivity index (χ0) is 19.4. The topological polar surface area (TPSA) is 64.6 Å². The number of hydrogen-bond acceptors (Lipinski definition) is 5. The van der Waals surface area contributed by atoms with E-state index in [1.54, 1.807) is 26.0 Å². The molecule has 2 aromatic rings. The number of amides is 1. The predicted octanol–water partition coefficient (Wildman–Crippen LogP) is 5.25. The van der Waals surface area contributed by atoms with Crippen molar-refractivity contribution in [2.24, 2.45) is 0 Å². The minimum Gasteiger partial charge on any atom is -0.479 e. The third-order valence-corrected chi connectivity index (χ3v) is 5.32. The Bertz CT molecular complexity index is 835. The summed E-state index contributed by atoms with van der Waals surface area (Å²) in [7, 11) is 0. The summed E-state index contributed by atoms with van der Waals surface area (Å²) in [6.07, 6.45) is -0.827. The number of carbonyl (C=O) groups is 2. The number of carbonyl (C=O) groups excluding carboxylic acids is 2. The highest BCUT2D eigenvalue weighted by Crippen LogP contribution is 2.33. The number of benzene rings is 1. The van der Waals surface area contributed by atoms with Gasteiger partial charge in [-0.25, -0.2) is 4.79 Å². The quantitative estimate of drug-likeness (QED) is 0.653. The van der Waals surface area contributed by atoms with Gasteiger partial charge >= 0.3 is 5.97 Å². The third-order valence-electron chi connectivity index (χ3n) is 3.67. The normalized spacial score (nSPS) is 11.8. The van der Waals surface area contributed by atoms with E-state index in [1.165, 1.54) is 17.4 Å². The average molecular weight is 416 g/mol. The number of anilines is 1. The van der Waals surface area contributed by atoms with Crippen LogP contribution in [0.25, 0.3) is 0 Å². The lowest BCUT2D eigenvalue weighted by Gasteiger charge is -2.16. The highest BCUT2D eigenvalue weighted by Gasteiger charge is 2.24. The van der Waals surface area contributed by atoms with Gasteiger partial charge in [0.25, 0.3) is 5.91 Å². The zero-order valence-electron chi connectivity index (χ0n) is 14.8. The molecule has 0 saturated heterocycles. The van der Waals surface area contributed by atoms with E-state index in [-0.39, 0.29) is 6.61 Å². The van der Waals surface area contributed by atoms with Crippen molar-refractivity contribution in [3.63, 3.8) is 0 Å². The molecule has 0 spiro atoms. The van der Waals surface area contributed by atoms with E-state index in [1.807, 2.05) is 13.8 Å². The highest BCUT2D eigenvalue weighted by molar-refractivity contribution is 7.16. The fourth-order valence-corrected chi connectivity index (χ4v) is 3.70. The summed E-state index contributed by atoms with van der Waals surface area (Å²) in [5, 5.41) is 3.98. The van der Waals surface area contributed by atoms with Crippen LogP contribution in [0.2, 0.25) is 10.0 Å². The zero-order valence-corrected chi connectivity index (χ0v) is 17.1. The maximum absolute atomic E-state index is 12.5. The minimum absolute atomic E-state index is 0.259. The Kier molecular flexibility index (Phi) is 6.92. The lowest BCUT2D eigenvalue weighted by atomic mass is 10.1. The van der Waals surface area contributed by atoms with Gasteiger partial charge in [-0.05, 0) is 51.5 Å². The Hall–Kier alpha value is -1.76. The number of aryl methyl sites for hydroxylation is 1. The van der Waals surface area contributed by atoms with Crippen molar-refractivity contribution in [3.05, 3.63) is 44.2 Å². The first-order valence-corrected chi connectivity index (χ1v) is 9.51. The van der Waals surface area contributed by atoms with Crippen LogP contribution in [0.5, 0.6) is 5.75 Å². The monoisotopic (exact) mass is 415 g/mol. The molecule has 1 aromatic carbocycles. The molecule has 5 nitrogen and oxygen atoms in total. The Labute approximate surface area is 166 Å². The van der Waals surface area contributed by atoms with Crippen LogP contribution in [0.3, 0.4) is 0 Å². The Morgan fingerprint density at radius 3 is 2.58 bits per heavy atom. The summed E-state index contributed by atoms with van der Waals surface area (Å²) in [5.41, 5.74) is 1.16. The van der Waals surface area contributed by atoms with Crippen molar-refractivity contribution < 1.29 is 19.1 Å². The molecular formula is C18H19Cl2NO4S. The summed E-state index contributed by atoms with van der Waals surface area (Å²) in [5.74, 6) is -0.510. The van der Waals surface area contributed by atoms with E-state index in [9.17, 15) is 9.59 Å². The van der Waals surface area contributed by atoms with Crippen molar-refractivity contribution in [2.45, 2.75) is 33.8 Å². The van der Waals surface area contributed by atoms with Gasteiger partial charge in [-0.3, -0.25) is 4.79 Å². The molecule has 0 radical (unpaired) electrons. The van der Waals surface area contributed by atoms with Gasteiger partial charge in [0.2, 0.25) is 0 Å². The molecule has 1 heterocycles. The second-order valence-electron chi connectivity index (χ2n) is 5.53. The average Bonchev–Trinajstić information content (AvgIpc) is 2.84. The summed E-state index contributed by atoms with van der Waals surface area (Å²) in [6.45, 7) is 7.29. The summed E-state index contributed by atoms with van der Waals surface area (Å²) in [4.78, 5) is 25.6. The van der Waals surface area contributed by atoms with Crippen LogP contribution in [0.1, 0.15) is 34.6 Å². The maximum atomic E-state index is 12.5. The Balaban J connectivity index is 2.16. The van der Waals surface area contributed by atoms with Crippen molar-refractivity contribution in [3.8, 4) is 5.75 Å². The second kappa shape index (κ2) is 8.75.